The predicted octanol–water partition coefficient (Wildman–Crippen LogP) is 2.72. The molecule has 0 amide bonds. The molecule has 0 radical (unpaired) electrons. The van der Waals surface area contributed by atoms with Crippen LogP contribution in [0, 0.1) is 0 Å². The van der Waals surface area contributed by atoms with Crippen molar-refractivity contribution in [2.75, 3.05) is 26.7 Å². The van der Waals surface area contributed by atoms with Crippen molar-refractivity contribution < 1.29 is 9.26 Å². The zero-order valence-electron chi connectivity index (χ0n) is 15.7. The van der Waals surface area contributed by atoms with E-state index in [0.717, 1.165) is 37.7 Å². The number of hydrogen-bond donors (Lipinski definition) is 2. The second-order valence-electron chi connectivity index (χ2n) is 6.39. The van der Waals surface area contributed by atoms with Gasteiger partial charge in [0.2, 0.25) is 5.89 Å². The molecule has 0 aliphatic heterocycles. The van der Waals surface area contributed by atoms with Gasteiger partial charge in [0, 0.05) is 32.5 Å². The van der Waals surface area contributed by atoms with E-state index in [1.54, 1.807) is 7.11 Å². The maximum Gasteiger partial charge on any atom is 0.226 e. The molecule has 0 unspecified atom stereocenters. The highest BCUT2D eigenvalue weighted by Crippen LogP contribution is 2.10. The molecule has 0 saturated heterocycles. The molecule has 2 N–H and O–H groups in total. The molecule has 0 aliphatic carbocycles. The Hall–Kier alpha value is -0.900. The Bertz CT molecular complexity index is 489. The fourth-order valence-electron chi connectivity index (χ4n) is 1.73. The van der Waals surface area contributed by atoms with Crippen molar-refractivity contribution in [1.29, 1.82) is 0 Å². The van der Waals surface area contributed by atoms with Gasteiger partial charge in [-0.3, -0.25) is 4.99 Å². The summed E-state index contributed by atoms with van der Waals surface area (Å²) in [6, 6.07) is 0. The normalized spacial score (nSPS) is 12.2. The number of nitrogens with one attached hydrogen (secondary N) is 2. The van der Waals surface area contributed by atoms with E-state index >= 15 is 0 Å². The van der Waals surface area contributed by atoms with Crippen molar-refractivity contribution in [3.05, 3.63) is 11.7 Å². The van der Waals surface area contributed by atoms with Gasteiger partial charge in [-0.25, -0.2) is 0 Å². The van der Waals surface area contributed by atoms with E-state index in [2.05, 4.69) is 39.6 Å². The molecule has 8 heteroatoms. The van der Waals surface area contributed by atoms with Crippen LogP contribution in [0.4, 0.5) is 0 Å². The van der Waals surface area contributed by atoms with Crippen LogP contribution in [0.25, 0.3) is 0 Å². The smallest absolute Gasteiger partial charge is 0.226 e. The second kappa shape index (κ2) is 11.6. The molecule has 0 bridgehead atoms. The summed E-state index contributed by atoms with van der Waals surface area (Å²) in [5.74, 6) is 2.55. The predicted molar refractivity (Wildman–Crippen MR) is 107 cm³/mol. The molecule has 1 aromatic rings. The quantitative estimate of drug-likeness (QED) is 0.259. The van der Waals surface area contributed by atoms with Gasteiger partial charge >= 0.3 is 0 Å². The molecule has 7 nitrogen and oxygen atoms in total. The number of guanidine groups is 1. The number of hydrogen-bond acceptors (Lipinski definition) is 5. The monoisotopic (exact) mass is 453 g/mol. The van der Waals surface area contributed by atoms with E-state index in [-0.39, 0.29) is 29.6 Å². The summed E-state index contributed by atoms with van der Waals surface area (Å²) in [5, 5.41) is 10.5. The summed E-state index contributed by atoms with van der Waals surface area (Å²) in [4.78, 5) is 8.92. The second-order valence-corrected chi connectivity index (χ2v) is 6.39. The number of halogens is 1. The van der Waals surface area contributed by atoms with Gasteiger partial charge in [-0.15, -0.1) is 24.0 Å². The third kappa shape index (κ3) is 8.81. The fraction of sp³-hybridized carbons (Fsp3) is 0.812. The van der Waals surface area contributed by atoms with Crippen LogP contribution in [0.2, 0.25) is 0 Å². The van der Waals surface area contributed by atoms with Crippen molar-refractivity contribution >= 4 is 29.9 Å². The molecule has 140 valence electrons. The summed E-state index contributed by atoms with van der Waals surface area (Å²) < 4.78 is 10.6. The molecule has 0 spiro atoms. The zero-order chi connectivity index (χ0) is 17.3. The maximum atomic E-state index is 5.38. The first-order chi connectivity index (χ1) is 10.9. The first-order valence-electron chi connectivity index (χ1n) is 8.27. The lowest BCUT2D eigenvalue weighted by Gasteiger charge is -2.21. The van der Waals surface area contributed by atoms with Crippen LogP contribution in [-0.2, 0) is 11.2 Å². The van der Waals surface area contributed by atoms with Crippen LogP contribution in [0.3, 0.4) is 0 Å². The van der Waals surface area contributed by atoms with E-state index in [0.29, 0.717) is 18.4 Å². The number of aryl methyl sites for hydroxylation is 1. The van der Waals surface area contributed by atoms with Gasteiger partial charge in [0.25, 0.3) is 0 Å². The summed E-state index contributed by atoms with van der Waals surface area (Å²) >= 11 is 0. The van der Waals surface area contributed by atoms with Crippen molar-refractivity contribution in [1.82, 2.24) is 20.8 Å². The highest BCUT2D eigenvalue weighted by Gasteiger charge is 2.15. The number of ether oxygens (including phenoxy) is 1. The molecular formula is C16H32IN5O2. The van der Waals surface area contributed by atoms with Crippen molar-refractivity contribution in [2.45, 2.75) is 59.0 Å². The maximum absolute atomic E-state index is 5.38. The lowest BCUT2D eigenvalue weighted by Crippen LogP contribution is -2.39. The Labute approximate surface area is 162 Å². The molecule has 0 saturated carbocycles. The first-order valence-corrected chi connectivity index (χ1v) is 8.27. The van der Waals surface area contributed by atoms with Gasteiger partial charge in [0.05, 0.1) is 12.1 Å². The molecule has 1 rings (SSSR count). The van der Waals surface area contributed by atoms with E-state index in [4.69, 9.17) is 9.26 Å². The molecule has 1 heterocycles. The lowest BCUT2D eigenvalue weighted by molar-refractivity contribution is 0.0310. The van der Waals surface area contributed by atoms with Gasteiger partial charge in [-0.2, -0.15) is 4.98 Å². The third-order valence-corrected chi connectivity index (χ3v) is 3.37. The van der Waals surface area contributed by atoms with Crippen molar-refractivity contribution in [3.8, 4) is 0 Å². The average molecular weight is 453 g/mol. The van der Waals surface area contributed by atoms with Crippen LogP contribution in [-0.4, -0.2) is 48.4 Å². The minimum Gasteiger partial charge on any atom is -0.377 e. The topological polar surface area (TPSA) is 84.6 Å². The Kier molecular flexibility index (Phi) is 11.2. The molecule has 0 fully saturated rings. The number of nitrogens with zero attached hydrogens (tertiary/aromatic N) is 3. The minimum atomic E-state index is -0.265. The highest BCUT2D eigenvalue weighted by molar-refractivity contribution is 14.0. The number of rotatable bonds is 9. The standard InChI is InChI=1S/C16H31N5O2.HI/c1-7-17-15(19-11-16(4,5)22-6)18-10-8-9-13-20-14(12(2)3)21-23-13;/h12H,7-11H2,1-6H3,(H2,17,18,19);1H. The number of aromatic nitrogens is 2. The minimum absolute atomic E-state index is 0. The SMILES string of the molecule is CCNC(=NCC(C)(C)OC)NCCCc1nc(C(C)C)no1.I. The lowest BCUT2D eigenvalue weighted by atomic mass is 10.1. The van der Waals surface area contributed by atoms with Crippen molar-refractivity contribution in [2.24, 2.45) is 4.99 Å². The number of aliphatic imine (C=N–C) groups is 1. The van der Waals surface area contributed by atoms with E-state index in [1.807, 2.05) is 20.8 Å². The fourth-order valence-corrected chi connectivity index (χ4v) is 1.73. The van der Waals surface area contributed by atoms with E-state index in [9.17, 15) is 0 Å². The Morgan fingerprint density at radius 2 is 2.04 bits per heavy atom. The summed E-state index contributed by atoms with van der Waals surface area (Å²) in [7, 11) is 1.70. The van der Waals surface area contributed by atoms with Gasteiger partial charge in [0.15, 0.2) is 11.8 Å². The molecule has 0 atom stereocenters. The van der Waals surface area contributed by atoms with Crippen molar-refractivity contribution in [3.63, 3.8) is 0 Å². The number of methoxy groups -OCH3 is 1. The van der Waals surface area contributed by atoms with Gasteiger partial charge in [-0.1, -0.05) is 19.0 Å². The summed E-state index contributed by atoms with van der Waals surface area (Å²) in [6.45, 7) is 12.4. The Balaban J connectivity index is 0.00000529. The zero-order valence-corrected chi connectivity index (χ0v) is 18.0. The van der Waals surface area contributed by atoms with Crippen LogP contribution in [0.1, 0.15) is 58.7 Å². The molecule has 1 aromatic heterocycles. The van der Waals surface area contributed by atoms with Crippen LogP contribution < -0.4 is 10.6 Å². The van der Waals surface area contributed by atoms with Crippen LogP contribution in [0.5, 0.6) is 0 Å². The largest absolute Gasteiger partial charge is 0.377 e. The van der Waals surface area contributed by atoms with Gasteiger partial charge < -0.3 is 19.9 Å². The molecule has 24 heavy (non-hydrogen) atoms. The molecule has 0 aliphatic rings. The van der Waals surface area contributed by atoms with Gasteiger partial charge in [-0.05, 0) is 27.2 Å². The Morgan fingerprint density at radius 1 is 1.33 bits per heavy atom. The molecule has 0 aromatic carbocycles. The summed E-state index contributed by atoms with van der Waals surface area (Å²) in [6.07, 6.45) is 1.66. The summed E-state index contributed by atoms with van der Waals surface area (Å²) in [5.41, 5.74) is -0.265. The van der Waals surface area contributed by atoms with E-state index < -0.39 is 0 Å². The third-order valence-electron chi connectivity index (χ3n) is 3.37. The van der Waals surface area contributed by atoms with Crippen LogP contribution in [0.15, 0.2) is 9.52 Å². The van der Waals surface area contributed by atoms with Crippen LogP contribution >= 0.6 is 24.0 Å². The van der Waals surface area contributed by atoms with E-state index in [1.165, 1.54) is 0 Å². The molecular weight excluding hydrogens is 421 g/mol. The first kappa shape index (κ1) is 23.1. The highest BCUT2D eigenvalue weighted by atomic mass is 127. The Morgan fingerprint density at radius 3 is 2.58 bits per heavy atom. The average Bonchev–Trinajstić information content (AvgIpc) is 2.98. The van der Waals surface area contributed by atoms with Gasteiger partial charge in [0.1, 0.15) is 0 Å².